The van der Waals surface area contributed by atoms with Crippen LogP contribution in [0, 0.1) is 18.6 Å². The monoisotopic (exact) mass is 402 g/mol. The third kappa shape index (κ3) is 6.33. The van der Waals surface area contributed by atoms with Crippen LogP contribution in [0.25, 0.3) is 0 Å². The normalized spacial score (nSPS) is 15.2. The molecular formula is C21H24F2N4O2. The first-order valence-electron chi connectivity index (χ1n) is 9.46. The summed E-state index contributed by atoms with van der Waals surface area (Å²) in [6.45, 7) is 6.24. The summed E-state index contributed by atoms with van der Waals surface area (Å²) >= 11 is 0. The first-order chi connectivity index (χ1) is 14.0. The Labute approximate surface area is 168 Å². The molecule has 0 saturated carbocycles. The second kappa shape index (κ2) is 10.1. The summed E-state index contributed by atoms with van der Waals surface area (Å²) in [5.74, 6) is -2.40. The molecule has 1 amide bonds. The molecule has 6 nitrogen and oxygen atoms in total. The number of rotatable bonds is 5. The number of carbonyl (C=O) groups is 1. The lowest BCUT2D eigenvalue weighted by Crippen LogP contribution is -2.39. The van der Waals surface area contributed by atoms with Crippen LogP contribution in [0.1, 0.15) is 15.9 Å². The number of halogens is 2. The molecule has 1 aliphatic heterocycles. The molecule has 2 aromatic carbocycles. The van der Waals surface area contributed by atoms with Crippen LogP contribution >= 0.6 is 0 Å². The number of aryl methyl sites for hydroxylation is 1. The molecule has 0 aliphatic carbocycles. The fourth-order valence-electron chi connectivity index (χ4n) is 2.91. The zero-order valence-electron chi connectivity index (χ0n) is 16.3. The van der Waals surface area contributed by atoms with Crippen molar-refractivity contribution in [3.05, 3.63) is 65.2 Å². The Bertz CT molecular complexity index is 883. The zero-order valence-corrected chi connectivity index (χ0v) is 16.3. The SMILES string of the molecule is Cc1cccc(NC(=NCCN2CCOCC2)NC(=O)c2ccc(F)c(F)c2)c1. The first kappa shape index (κ1) is 20.9. The molecular weight excluding hydrogens is 378 g/mol. The van der Waals surface area contributed by atoms with E-state index < -0.39 is 17.5 Å². The number of guanidine groups is 1. The fourth-order valence-corrected chi connectivity index (χ4v) is 2.91. The van der Waals surface area contributed by atoms with Crippen LogP contribution in [-0.4, -0.2) is 56.2 Å². The summed E-state index contributed by atoms with van der Waals surface area (Å²) in [6.07, 6.45) is 0. The van der Waals surface area contributed by atoms with Gasteiger partial charge in [-0.3, -0.25) is 20.0 Å². The number of anilines is 1. The summed E-state index contributed by atoms with van der Waals surface area (Å²) in [5, 5.41) is 5.74. The van der Waals surface area contributed by atoms with E-state index in [4.69, 9.17) is 4.74 Å². The van der Waals surface area contributed by atoms with Crippen LogP contribution in [0.2, 0.25) is 0 Å². The van der Waals surface area contributed by atoms with E-state index in [2.05, 4.69) is 20.5 Å². The number of aliphatic imine (C=N–C) groups is 1. The number of carbonyl (C=O) groups excluding carboxylic acids is 1. The predicted octanol–water partition coefficient (Wildman–Crippen LogP) is 2.80. The molecule has 0 aromatic heterocycles. The lowest BCUT2D eigenvalue weighted by molar-refractivity contribution is 0.0394. The third-order valence-electron chi connectivity index (χ3n) is 4.48. The van der Waals surface area contributed by atoms with Crippen molar-refractivity contribution in [1.82, 2.24) is 10.2 Å². The third-order valence-corrected chi connectivity index (χ3v) is 4.48. The minimum Gasteiger partial charge on any atom is -0.379 e. The number of hydrogen-bond donors (Lipinski definition) is 2. The first-order valence-corrected chi connectivity index (χ1v) is 9.46. The van der Waals surface area contributed by atoms with E-state index in [1.165, 1.54) is 6.07 Å². The van der Waals surface area contributed by atoms with Crippen LogP contribution in [0.15, 0.2) is 47.5 Å². The van der Waals surface area contributed by atoms with Crippen LogP contribution < -0.4 is 10.6 Å². The van der Waals surface area contributed by atoms with Crippen molar-refractivity contribution >= 4 is 17.6 Å². The molecule has 0 atom stereocenters. The minimum absolute atomic E-state index is 0.0100. The fraction of sp³-hybridized carbons (Fsp3) is 0.333. The van der Waals surface area contributed by atoms with Gasteiger partial charge in [0.25, 0.3) is 5.91 Å². The summed E-state index contributed by atoms with van der Waals surface area (Å²) in [4.78, 5) is 19.2. The van der Waals surface area contributed by atoms with E-state index in [0.717, 1.165) is 43.0 Å². The molecule has 154 valence electrons. The molecule has 29 heavy (non-hydrogen) atoms. The van der Waals surface area contributed by atoms with E-state index in [-0.39, 0.29) is 11.5 Å². The Morgan fingerprint density at radius 2 is 1.93 bits per heavy atom. The topological polar surface area (TPSA) is 66.0 Å². The number of benzene rings is 2. The number of hydrogen-bond acceptors (Lipinski definition) is 4. The lowest BCUT2D eigenvalue weighted by Gasteiger charge is -2.25. The smallest absolute Gasteiger partial charge is 0.258 e. The van der Waals surface area contributed by atoms with Gasteiger partial charge in [-0.15, -0.1) is 0 Å². The molecule has 0 unspecified atom stereocenters. The molecule has 1 aliphatic rings. The van der Waals surface area contributed by atoms with Crippen molar-refractivity contribution in [2.45, 2.75) is 6.92 Å². The Hall–Kier alpha value is -2.84. The standard InChI is InChI=1S/C21H24F2N4O2/c1-15-3-2-4-17(13-15)25-21(24-7-8-27-9-11-29-12-10-27)26-20(28)16-5-6-18(22)19(23)14-16/h2-6,13-14H,7-12H2,1H3,(H2,24,25,26,28). The maximum absolute atomic E-state index is 13.5. The highest BCUT2D eigenvalue weighted by molar-refractivity contribution is 6.09. The highest BCUT2D eigenvalue weighted by Crippen LogP contribution is 2.11. The average molecular weight is 402 g/mol. The highest BCUT2D eigenvalue weighted by Gasteiger charge is 2.13. The van der Waals surface area contributed by atoms with Crippen LogP contribution in [0.3, 0.4) is 0 Å². The van der Waals surface area contributed by atoms with Gasteiger partial charge in [0.15, 0.2) is 11.6 Å². The minimum atomic E-state index is -1.07. The van der Waals surface area contributed by atoms with E-state index in [9.17, 15) is 13.6 Å². The zero-order chi connectivity index (χ0) is 20.6. The number of nitrogens with zero attached hydrogens (tertiary/aromatic N) is 2. The maximum atomic E-state index is 13.5. The Kier molecular flexibility index (Phi) is 7.26. The number of morpholine rings is 1. The summed E-state index contributed by atoms with van der Waals surface area (Å²) in [6, 6.07) is 10.6. The highest BCUT2D eigenvalue weighted by atomic mass is 19.2. The molecule has 0 spiro atoms. The van der Waals surface area contributed by atoms with Crippen molar-refractivity contribution in [1.29, 1.82) is 0 Å². The Morgan fingerprint density at radius 3 is 2.66 bits per heavy atom. The molecule has 1 heterocycles. The van der Waals surface area contributed by atoms with Gasteiger partial charge in [-0.05, 0) is 42.8 Å². The van der Waals surface area contributed by atoms with Crippen molar-refractivity contribution in [3.8, 4) is 0 Å². The second-order valence-corrected chi connectivity index (χ2v) is 6.76. The predicted molar refractivity (Wildman–Crippen MR) is 108 cm³/mol. The molecule has 3 rings (SSSR count). The maximum Gasteiger partial charge on any atom is 0.258 e. The largest absolute Gasteiger partial charge is 0.379 e. The van der Waals surface area contributed by atoms with E-state index in [0.29, 0.717) is 19.8 Å². The molecule has 2 aromatic rings. The average Bonchev–Trinajstić information content (AvgIpc) is 2.71. The van der Waals surface area contributed by atoms with E-state index >= 15 is 0 Å². The van der Waals surface area contributed by atoms with Gasteiger partial charge < -0.3 is 10.1 Å². The van der Waals surface area contributed by atoms with Gasteiger partial charge in [0, 0.05) is 30.9 Å². The van der Waals surface area contributed by atoms with E-state index in [1.807, 2.05) is 31.2 Å². The molecule has 0 radical (unpaired) electrons. The van der Waals surface area contributed by atoms with E-state index in [1.54, 1.807) is 0 Å². The van der Waals surface area contributed by atoms with Crippen LogP contribution in [-0.2, 0) is 4.74 Å². The molecule has 8 heteroatoms. The van der Waals surface area contributed by atoms with Crippen molar-refractivity contribution < 1.29 is 18.3 Å². The van der Waals surface area contributed by atoms with Crippen molar-refractivity contribution in [2.24, 2.45) is 4.99 Å². The quantitative estimate of drug-likeness (QED) is 0.596. The lowest BCUT2D eigenvalue weighted by atomic mass is 10.2. The number of nitrogens with one attached hydrogen (secondary N) is 2. The van der Waals surface area contributed by atoms with Gasteiger partial charge in [0.05, 0.1) is 19.8 Å². The Balaban J connectivity index is 1.70. The van der Waals surface area contributed by atoms with Gasteiger partial charge in [-0.25, -0.2) is 8.78 Å². The van der Waals surface area contributed by atoms with Gasteiger partial charge in [0.1, 0.15) is 0 Å². The number of amides is 1. The van der Waals surface area contributed by atoms with Gasteiger partial charge >= 0.3 is 0 Å². The summed E-state index contributed by atoms with van der Waals surface area (Å²) in [7, 11) is 0. The number of ether oxygens (including phenoxy) is 1. The molecule has 2 N–H and O–H groups in total. The molecule has 1 saturated heterocycles. The van der Waals surface area contributed by atoms with Crippen molar-refractivity contribution in [3.63, 3.8) is 0 Å². The van der Waals surface area contributed by atoms with Crippen LogP contribution in [0.5, 0.6) is 0 Å². The van der Waals surface area contributed by atoms with Gasteiger partial charge in [-0.2, -0.15) is 0 Å². The Morgan fingerprint density at radius 1 is 1.14 bits per heavy atom. The van der Waals surface area contributed by atoms with Crippen LogP contribution in [0.4, 0.5) is 14.5 Å². The summed E-state index contributed by atoms with van der Waals surface area (Å²) in [5.41, 5.74) is 1.83. The van der Waals surface area contributed by atoms with Crippen molar-refractivity contribution in [2.75, 3.05) is 44.7 Å². The van der Waals surface area contributed by atoms with Gasteiger partial charge in [-0.1, -0.05) is 12.1 Å². The molecule has 1 fully saturated rings. The summed E-state index contributed by atoms with van der Waals surface area (Å²) < 4.78 is 31.9. The van der Waals surface area contributed by atoms with Gasteiger partial charge in [0.2, 0.25) is 5.96 Å². The second-order valence-electron chi connectivity index (χ2n) is 6.76. The molecule has 0 bridgehead atoms.